The number of benzene rings is 2. The lowest BCUT2D eigenvalue weighted by atomic mass is 10.1. The van der Waals surface area contributed by atoms with E-state index in [-0.39, 0.29) is 5.82 Å². The number of fused-ring (bicyclic) bond motifs is 1. The number of aromatic nitrogens is 2. The number of unbranched alkanes of at least 4 members (excludes halogenated alkanes) is 2. The van der Waals surface area contributed by atoms with Crippen molar-refractivity contribution in [2.45, 2.75) is 19.3 Å². The molecule has 34 heavy (non-hydrogen) atoms. The fourth-order valence-electron chi connectivity index (χ4n) is 3.85. The first-order chi connectivity index (χ1) is 16.5. The first kappa shape index (κ1) is 24.4. The lowest BCUT2D eigenvalue weighted by Crippen LogP contribution is -2.44. The Morgan fingerprint density at radius 1 is 1.06 bits per heavy atom. The van der Waals surface area contributed by atoms with Crippen LogP contribution in [0.5, 0.6) is 17.4 Å². The van der Waals surface area contributed by atoms with Crippen molar-refractivity contribution in [2.75, 3.05) is 46.9 Å². The molecule has 1 fully saturated rings. The molecule has 0 atom stereocenters. The number of ether oxygens (including phenoxy) is 2. The zero-order valence-corrected chi connectivity index (χ0v) is 21.1. The molecule has 0 spiro atoms. The summed E-state index contributed by atoms with van der Waals surface area (Å²) in [5.41, 5.74) is 1.48. The molecule has 4 rings (SSSR count). The average Bonchev–Trinajstić information content (AvgIpc) is 2.83. The van der Waals surface area contributed by atoms with Gasteiger partial charge in [0, 0.05) is 32.6 Å². The van der Waals surface area contributed by atoms with Crippen molar-refractivity contribution in [3.63, 3.8) is 0 Å². The van der Waals surface area contributed by atoms with Gasteiger partial charge in [-0.25, -0.2) is 14.4 Å². The molecule has 0 amide bonds. The largest absolute Gasteiger partial charge is 0.495 e. The van der Waals surface area contributed by atoms with E-state index < -0.39 is 0 Å². The maximum absolute atomic E-state index is 13.4. The topological polar surface area (TPSA) is 50.7 Å². The molecule has 3 aromatic rings. The van der Waals surface area contributed by atoms with E-state index >= 15 is 0 Å². The Balaban J connectivity index is 1.43. The molecule has 178 valence electrons. The first-order valence-corrected chi connectivity index (χ1v) is 12.2. The highest BCUT2D eigenvalue weighted by molar-refractivity contribution is 9.10. The van der Waals surface area contributed by atoms with Gasteiger partial charge in [0.2, 0.25) is 5.88 Å². The Hall–Kier alpha value is -2.73. The summed E-state index contributed by atoms with van der Waals surface area (Å²) in [6.45, 7) is 5.75. The van der Waals surface area contributed by atoms with E-state index in [4.69, 9.17) is 9.47 Å². The van der Waals surface area contributed by atoms with Crippen molar-refractivity contribution >= 4 is 26.8 Å². The van der Waals surface area contributed by atoms with Crippen LogP contribution in [-0.4, -0.2) is 66.6 Å². The zero-order valence-electron chi connectivity index (χ0n) is 19.5. The third-order valence-corrected chi connectivity index (χ3v) is 6.49. The maximum atomic E-state index is 13.4. The van der Waals surface area contributed by atoms with Crippen LogP contribution in [0.25, 0.3) is 10.9 Å². The molecule has 0 aliphatic carbocycles. The van der Waals surface area contributed by atoms with Crippen LogP contribution in [0.2, 0.25) is 0 Å². The molecule has 1 aromatic heterocycles. The first-order valence-electron chi connectivity index (χ1n) is 11.4. The summed E-state index contributed by atoms with van der Waals surface area (Å²) < 4.78 is 25.4. The summed E-state index contributed by atoms with van der Waals surface area (Å²) in [7, 11) is 3.79. The number of piperazine rings is 1. The molecule has 0 unspecified atom stereocenters. The summed E-state index contributed by atoms with van der Waals surface area (Å²) in [5, 5.41) is 0.688. The molecule has 0 N–H and O–H groups in total. The highest BCUT2D eigenvalue weighted by Crippen LogP contribution is 2.34. The summed E-state index contributed by atoms with van der Waals surface area (Å²) in [6.07, 6.45) is 4.50. The fourth-order valence-corrected chi connectivity index (χ4v) is 4.28. The minimum Gasteiger partial charge on any atom is -0.495 e. The summed E-state index contributed by atoms with van der Waals surface area (Å²) in [5.74, 6) is 7.62. The van der Waals surface area contributed by atoms with E-state index in [0.29, 0.717) is 32.8 Å². The normalized spacial score (nSPS) is 14.6. The van der Waals surface area contributed by atoms with E-state index in [1.54, 1.807) is 13.2 Å². The minimum absolute atomic E-state index is 0.351. The van der Waals surface area contributed by atoms with Gasteiger partial charge in [-0.1, -0.05) is 11.8 Å². The molecule has 6 nitrogen and oxygen atoms in total. The van der Waals surface area contributed by atoms with Crippen molar-refractivity contribution in [1.29, 1.82) is 0 Å². The van der Waals surface area contributed by atoms with Gasteiger partial charge >= 0.3 is 0 Å². The van der Waals surface area contributed by atoms with E-state index in [1.165, 1.54) is 18.5 Å². The second-order valence-electron chi connectivity index (χ2n) is 8.33. The van der Waals surface area contributed by atoms with Crippen molar-refractivity contribution < 1.29 is 13.9 Å². The number of rotatable bonds is 7. The molecule has 1 aliphatic heterocycles. The summed E-state index contributed by atoms with van der Waals surface area (Å²) in [6, 6.07) is 7.95. The third kappa shape index (κ3) is 6.23. The van der Waals surface area contributed by atoms with Crippen LogP contribution in [0.15, 0.2) is 41.1 Å². The highest BCUT2D eigenvalue weighted by Gasteiger charge is 2.14. The number of halogens is 2. The number of methoxy groups -OCH3 is 1. The van der Waals surface area contributed by atoms with E-state index in [9.17, 15) is 4.39 Å². The quantitative estimate of drug-likeness (QED) is 0.315. The van der Waals surface area contributed by atoms with Gasteiger partial charge in [0.25, 0.3) is 0 Å². The molecule has 1 aliphatic rings. The van der Waals surface area contributed by atoms with Crippen LogP contribution >= 0.6 is 15.9 Å². The van der Waals surface area contributed by atoms with Crippen LogP contribution in [0.4, 0.5) is 4.39 Å². The Kier molecular flexibility index (Phi) is 8.33. The monoisotopic (exact) mass is 526 g/mol. The van der Waals surface area contributed by atoms with Gasteiger partial charge in [0.15, 0.2) is 0 Å². The smallest absolute Gasteiger partial charge is 0.230 e. The Morgan fingerprint density at radius 2 is 1.88 bits per heavy atom. The Labute approximate surface area is 208 Å². The third-order valence-electron chi connectivity index (χ3n) is 5.87. The van der Waals surface area contributed by atoms with Crippen LogP contribution < -0.4 is 9.47 Å². The standard InChI is InChI=1S/C26H28BrFN4O2/c1-31-11-13-32(14-12-31)10-6-4-3-5-7-19-15-23-21(17-25(19)33-2)26(30-18-29-23)34-24-9-8-20(28)16-22(24)27/h8-9,15-18H,3-4,6,10-14H2,1-2H3. The van der Waals surface area contributed by atoms with Gasteiger partial charge in [-0.15, -0.1) is 0 Å². The van der Waals surface area contributed by atoms with Crippen molar-refractivity contribution in [3.8, 4) is 29.2 Å². The number of nitrogens with zero attached hydrogens (tertiary/aromatic N) is 4. The van der Waals surface area contributed by atoms with Gasteiger partial charge < -0.3 is 19.3 Å². The second-order valence-corrected chi connectivity index (χ2v) is 9.18. The molecule has 2 heterocycles. The van der Waals surface area contributed by atoms with Gasteiger partial charge in [-0.3, -0.25) is 0 Å². The number of hydrogen-bond acceptors (Lipinski definition) is 6. The molecule has 0 bridgehead atoms. The van der Waals surface area contributed by atoms with E-state index in [2.05, 4.69) is 54.6 Å². The van der Waals surface area contributed by atoms with Crippen LogP contribution in [0.1, 0.15) is 24.8 Å². The van der Waals surface area contributed by atoms with Crippen molar-refractivity contribution in [1.82, 2.24) is 19.8 Å². The number of hydrogen-bond donors (Lipinski definition) is 0. The second kappa shape index (κ2) is 11.6. The molecule has 0 saturated carbocycles. The van der Waals surface area contributed by atoms with E-state index in [0.717, 1.165) is 57.5 Å². The van der Waals surface area contributed by atoms with Crippen LogP contribution in [-0.2, 0) is 0 Å². The predicted molar refractivity (Wildman–Crippen MR) is 135 cm³/mol. The Bertz CT molecular complexity index is 1200. The van der Waals surface area contributed by atoms with Gasteiger partial charge in [-0.05, 0) is 72.7 Å². The Morgan fingerprint density at radius 3 is 2.65 bits per heavy atom. The molecular formula is C26H28BrFN4O2. The molecule has 1 saturated heterocycles. The molecule has 0 radical (unpaired) electrons. The van der Waals surface area contributed by atoms with Gasteiger partial charge in [-0.2, -0.15) is 0 Å². The number of likely N-dealkylation sites (N-methyl/N-ethyl adjacent to an activating group) is 1. The summed E-state index contributed by atoms with van der Waals surface area (Å²) >= 11 is 3.32. The summed E-state index contributed by atoms with van der Waals surface area (Å²) in [4.78, 5) is 13.5. The molecule has 2 aromatic carbocycles. The SMILES string of the molecule is COc1cc2c(Oc3ccc(F)cc3Br)ncnc2cc1C#CCCCCN1CCN(C)CC1. The highest BCUT2D eigenvalue weighted by atomic mass is 79.9. The maximum Gasteiger partial charge on any atom is 0.230 e. The van der Waals surface area contributed by atoms with Crippen molar-refractivity contribution in [2.24, 2.45) is 0 Å². The lowest BCUT2D eigenvalue weighted by molar-refractivity contribution is 0.152. The van der Waals surface area contributed by atoms with Crippen LogP contribution in [0.3, 0.4) is 0 Å². The minimum atomic E-state index is -0.351. The predicted octanol–water partition coefficient (Wildman–Crippen LogP) is 5.10. The molecule has 8 heteroatoms. The van der Waals surface area contributed by atoms with Crippen molar-refractivity contribution in [3.05, 3.63) is 52.5 Å². The lowest BCUT2D eigenvalue weighted by Gasteiger charge is -2.32. The molecular weight excluding hydrogens is 499 g/mol. The van der Waals surface area contributed by atoms with Gasteiger partial charge in [0.05, 0.1) is 28.0 Å². The zero-order chi connectivity index (χ0) is 23.9. The van der Waals surface area contributed by atoms with E-state index in [1.807, 2.05) is 12.1 Å². The van der Waals surface area contributed by atoms with Crippen LogP contribution in [0, 0.1) is 17.7 Å². The van der Waals surface area contributed by atoms with Gasteiger partial charge in [0.1, 0.15) is 23.6 Å². The average molecular weight is 527 g/mol. The fraction of sp³-hybridized carbons (Fsp3) is 0.385.